The van der Waals surface area contributed by atoms with E-state index in [2.05, 4.69) is 19.2 Å². The lowest BCUT2D eigenvalue weighted by atomic mass is 9.67. The highest BCUT2D eigenvalue weighted by Gasteiger charge is 2.48. The molecule has 2 rings (SSSR count). The highest BCUT2D eigenvalue weighted by molar-refractivity contribution is 8.00. The molecular formula is C16H29NO6S. The Morgan fingerprint density at radius 3 is 2.46 bits per heavy atom. The summed E-state index contributed by atoms with van der Waals surface area (Å²) >= 11 is 1.33. The van der Waals surface area contributed by atoms with Crippen molar-refractivity contribution in [2.24, 2.45) is 11.3 Å². The monoisotopic (exact) mass is 363 g/mol. The molecule has 2 aliphatic rings. The molecule has 2 fully saturated rings. The Morgan fingerprint density at radius 1 is 1.21 bits per heavy atom. The normalized spacial score (nSPS) is 42.7. The number of carboxylic acid groups (broad SMARTS) is 1. The van der Waals surface area contributed by atoms with Gasteiger partial charge in [0, 0.05) is 11.3 Å². The van der Waals surface area contributed by atoms with Crippen LogP contribution in [0.4, 0.5) is 0 Å². The Labute approximate surface area is 146 Å². The summed E-state index contributed by atoms with van der Waals surface area (Å²) in [4.78, 5) is 10.9. The molecule has 1 aliphatic carbocycles. The number of nitrogens with one attached hydrogen (secondary N) is 1. The van der Waals surface area contributed by atoms with E-state index in [0.29, 0.717) is 6.42 Å². The van der Waals surface area contributed by atoms with Gasteiger partial charge in [0.1, 0.15) is 6.10 Å². The fourth-order valence-corrected chi connectivity index (χ4v) is 5.46. The van der Waals surface area contributed by atoms with Crippen LogP contribution in [0.15, 0.2) is 0 Å². The topological polar surface area (TPSA) is 130 Å². The van der Waals surface area contributed by atoms with Gasteiger partial charge in [-0.3, -0.25) is 4.79 Å². The standard InChI is InChI=1S/C16H29NO6S/c1-16(2)4-3-8(5-10(16)17-6-11(19)20)15-14(23)13(22)12(21)9(7-18)24-15/h8-10,12-15,17-18,21-23H,3-7H2,1-2H3,(H,19,20)/t8?,9-,10?,12+,13+,14-,15+/m1/s1. The van der Waals surface area contributed by atoms with Crippen LogP contribution < -0.4 is 5.32 Å². The number of carboxylic acids is 1. The lowest BCUT2D eigenvalue weighted by Crippen LogP contribution is -2.58. The molecule has 0 radical (unpaired) electrons. The molecule has 24 heavy (non-hydrogen) atoms. The van der Waals surface area contributed by atoms with Crippen LogP contribution in [0.1, 0.15) is 33.1 Å². The molecule has 0 spiro atoms. The molecule has 1 saturated heterocycles. The first kappa shape index (κ1) is 19.9. The summed E-state index contributed by atoms with van der Waals surface area (Å²) in [6, 6.07) is -0.00304. The molecule has 0 aromatic carbocycles. The van der Waals surface area contributed by atoms with E-state index in [0.717, 1.165) is 12.8 Å². The summed E-state index contributed by atoms with van der Waals surface area (Å²) in [5.41, 5.74) is -0.0508. The highest BCUT2D eigenvalue weighted by atomic mass is 32.2. The van der Waals surface area contributed by atoms with E-state index in [1.165, 1.54) is 11.8 Å². The van der Waals surface area contributed by atoms with E-state index in [1.54, 1.807) is 0 Å². The van der Waals surface area contributed by atoms with Gasteiger partial charge < -0.3 is 30.8 Å². The van der Waals surface area contributed by atoms with Gasteiger partial charge in [0.25, 0.3) is 0 Å². The minimum Gasteiger partial charge on any atom is -0.480 e. The van der Waals surface area contributed by atoms with Crippen molar-refractivity contribution in [3.63, 3.8) is 0 Å². The van der Waals surface area contributed by atoms with E-state index >= 15 is 0 Å². The molecule has 140 valence electrons. The number of aliphatic hydroxyl groups excluding tert-OH is 4. The molecule has 7 nitrogen and oxygen atoms in total. The zero-order valence-electron chi connectivity index (χ0n) is 14.1. The molecule has 2 unspecified atom stereocenters. The summed E-state index contributed by atoms with van der Waals surface area (Å²) in [5, 5.41) is 51.0. The Balaban J connectivity index is 2.09. The minimum atomic E-state index is -1.27. The van der Waals surface area contributed by atoms with Crippen LogP contribution in [0.3, 0.4) is 0 Å². The van der Waals surface area contributed by atoms with Crippen molar-refractivity contribution in [1.82, 2.24) is 5.32 Å². The number of aliphatic carboxylic acids is 1. The molecule has 0 aromatic heterocycles. The maximum Gasteiger partial charge on any atom is 0.317 e. The first-order valence-corrected chi connectivity index (χ1v) is 9.37. The van der Waals surface area contributed by atoms with E-state index in [1.807, 2.05) is 0 Å². The smallest absolute Gasteiger partial charge is 0.317 e. The molecule has 0 amide bonds. The third-order valence-electron chi connectivity index (χ3n) is 5.53. The van der Waals surface area contributed by atoms with Gasteiger partial charge in [-0.25, -0.2) is 0 Å². The minimum absolute atomic E-state index is 0.00304. The zero-order valence-corrected chi connectivity index (χ0v) is 14.9. The third-order valence-corrected chi connectivity index (χ3v) is 7.29. The first-order valence-electron chi connectivity index (χ1n) is 8.43. The van der Waals surface area contributed by atoms with Gasteiger partial charge in [-0.2, -0.15) is 0 Å². The Bertz CT molecular complexity index is 446. The van der Waals surface area contributed by atoms with Crippen LogP contribution in [-0.2, 0) is 4.79 Å². The average molecular weight is 363 g/mol. The van der Waals surface area contributed by atoms with Crippen LogP contribution in [-0.4, -0.2) is 79.5 Å². The summed E-state index contributed by atoms with van der Waals surface area (Å²) in [5.74, 6) is -0.820. The second kappa shape index (κ2) is 7.88. The predicted molar refractivity (Wildman–Crippen MR) is 90.8 cm³/mol. The van der Waals surface area contributed by atoms with Gasteiger partial charge in [0.15, 0.2) is 0 Å². The fraction of sp³-hybridized carbons (Fsp3) is 0.938. The fourth-order valence-electron chi connectivity index (χ4n) is 3.86. The maximum absolute atomic E-state index is 10.9. The largest absolute Gasteiger partial charge is 0.480 e. The molecule has 1 heterocycles. The summed E-state index contributed by atoms with van der Waals surface area (Å²) < 4.78 is 0. The SMILES string of the molecule is CC1(C)CCC([C@@H]2S[C@H](CO)[C@H](O)[C@H](O)[C@H]2O)CC1NCC(=O)O. The first-order chi connectivity index (χ1) is 11.2. The van der Waals surface area contributed by atoms with E-state index in [4.69, 9.17) is 5.11 Å². The van der Waals surface area contributed by atoms with Gasteiger partial charge in [-0.05, 0) is 30.6 Å². The molecule has 0 bridgehead atoms. The highest BCUT2D eigenvalue weighted by Crippen LogP contribution is 2.46. The van der Waals surface area contributed by atoms with E-state index in [-0.39, 0.29) is 35.8 Å². The van der Waals surface area contributed by atoms with Crippen LogP contribution in [0.25, 0.3) is 0 Å². The number of aliphatic hydroxyl groups is 4. The zero-order chi connectivity index (χ0) is 18.1. The second-order valence-electron chi connectivity index (χ2n) is 7.64. The molecule has 7 atom stereocenters. The number of carbonyl (C=O) groups is 1. The van der Waals surface area contributed by atoms with Crippen LogP contribution in [0, 0.1) is 11.3 Å². The Morgan fingerprint density at radius 2 is 1.88 bits per heavy atom. The van der Waals surface area contributed by atoms with E-state index in [9.17, 15) is 25.2 Å². The average Bonchev–Trinajstić information content (AvgIpc) is 2.52. The van der Waals surface area contributed by atoms with Crippen molar-refractivity contribution in [2.45, 2.75) is 68.0 Å². The molecule has 0 aromatic rings. The molecule has 6 N–H and O–H groups in total. The Hall–Kier alpha value is -0.380. The molecule has 1 saturated carbocycles. The predicted octanol–water partition coefficient (Wildman–Crippen LogP) is -0.585. The van der Waals surface area contributed by atoms with Gasteiger partial charge in [-0.1, -0.05) is 13.8 Å². The van der Waals surface area contributed by atoms with Crippen LogP contribution in [0.5, 0.6) is 0 Å². The van der Waals surface area contributed by atoms with Crippen molar-refractivity contribution < 1.29 is 30.3 Å². The summed E-state index contributed by atoms with van der Waals surface area (Å²) in [6.45, 7) is 3.83. The lowest BCUT2D eigenvalue weighted by molar-refractivity contribution is -0.136. The molecule has 8 heteroatoms. The molecular weight excluding hydrogens is 334 g/mol. The van der Waals surface area contributed by atoms with Gasteiger partial charge in [0.05, 0.1) is 30.6 Å². The van der Waals surface area contributed by atoms with Crippen LogP contribution >= 0.6 is 11.8 Å². The summed E-state index contributed by atoms with van der Waals surface area (Å²) in [7, 11) is 0. The number of rotatable bonds is 5. The lowest BCUT2D eigenvalue weighted by Gasteiger charge is -2.48. The van der Waals surface area contributed by atoms with E-state index < -0.39 is 29.5 Å². The van der Waals surface area contributed by atoms with Crippen molar-refractivity contribution in [3.05, 3.63) is 0 Å². The van der Waals surface area contributed by atoms with Crippen molar-refractivity contribution in [1.29, 1.82) is 0 Å². The maximum atomic E-state index is 10.9. The summed E-state index contributed by atoms with van der Waals surface area (Å²) in [6.07, 6.45) is -1.05. The van der Waals surface area contributed by atoms with Crippen LogP contribution in [0.2, 0.25) is 0 Å². The van der Waals surface area contributed by atoms with Crippen molar-refractivity contribution >= 4 is 17.7 Å². The number of hydrogen-bond acceptors (Lipinski definition) is 7. The van der Waals surface area contributed by atoms with Crippen molar-refractivity contribution in [2.75, 3.05) is 13.2 Å². The van der Waals surface area contributed by atoms with Gasteiger partial charge >= 0.3 is 5.97 Å². The van der Waals surface area contributed by atoms with Gasteiger partial charge in [-0.15, -0.1) is 11.8 Å². The second-order valence-corrected chi connectivity index (χ2v) is 9.07. The van der Waals surface area contributed by atoms with Gasteiger partial charge in [0.2, 0.25) is 0 Å². The Kier molecular flexibility index (Phi) is 6.55. The third kappa shape index (κ3) is 4.23. The molecule has 1 aliphatic heterocycles. The number of hydrogen-bond donors (Lipinski definition) is 6. The number of thioether (sulfide) groups is 1. The quantitative estimate of drug-likeness (QED) is 0.382. The van der Waals surface area contributed by atoms with Crippen molar-refractivity contribution in [3.8, 4) is 0 Å².